The van der Waals surface area contributed by atoms with E-state index >= 15 is 0 Å². The van der Waals surface area contributed by atoms with Crippen LogP contribution in [0.25, 0.3) is 0 Å². The molecule has 1 aromatic carbocycles. The summed E-state index contributed by atoms with van der Waals surface area (Å²) in [5.74, 6) is -0.313. The predicted octanol–water partition coefficient (Wildman–Crippen LogP) is 4.23. The van der Waals surface area contributed by atoms with Crippen LogP contribution in [0, 0.1) is 5.41 Å². The zero-order valence-corrected chi connectivity index (χ0v) is 17.9. The van der Waals surface area contributed by atoms with Gasteiger partial charge < -0.3 is 0 Å². The van der Waals surface area contributed by atoms with Gasteiger partial charge in [-0.2, -0.15) is 4.31 Å². The van der Waals surface area contributed by atoms with Gasteiger partial charge in [0.15, 0.2) is 5.13 Å². The number of aromatic nitrogens is 1. The lowest BCUT2D eigenvalue weighted by Gasteiger charge is -2.23. The standard InChI is InChI=1S/C19H27N3O3S2/c1-5-22(13-6-11-19(2,3)4)27(24,25)16-9-7-15(8-10-16)17(23)21-18-20-12-14-26-18/h7-10,12,14H,5-6,11,13H2,1-4H3,(H,20,21,23). The van der Waals surface area contributed by atoms with E-state index in [4.69, 9.17) is 0 Å². The van der Waals surface area contributed by atoms with Crippen LogP contribution in [0.15, 0.2) is 40.7 Å². The van der Waals surface area contributed by atoms with Crippen molar-refractivity contribution in [2.75, 3.05) is 18.4 Å². The number of rotatable bonds is 8. The van der Waals surface area contributed by atoms with Crippen molar-refractivity contribution in [2.24, 2.45) is 5.41 Å². The van der Waals surface area contributed by atoms with Crippen LogP contribution in [0.5, 0.6) is 0 Å². The normalized spacial score (nSPS) is 12.3. The first-order valence-electron chi connectivity index (χ1n) is 8.94. The summed E-state index contributed by atoms with van der Waals surface area (Å²) < 4.78 is 27.2. The molecule has 2 aromatic rings. The van der Waals surface area contributed by atoms with Crippen molar-refractivity contribution < 1.29 is 13.2 Å². The monoisotopic (exact) mass is 409 g/mol. The molecule has 0 aliphatic heterocycles. The van der Waals surface area contributed by atoms with Gasteiger partial charge in [-0.3, -0.25) is 10.1 Å². The number of sulfonamides is 1. The highest BCUT2D eigenvalue weighted by Gasteiger charge is 2.23. The Balaban J connectivity index is 2.07. The topological polar surface area (TPSA) is 79.4 Å². The molecule has 0 unspecified atom stereocenters. The van der Waals surface area contributed by atoms with Gasteiger partial charge in [-0.25, -0.2) is 13.4 Å². The fourth-order valence-corrected chi connectivity index (χ4v) is 4.63. The van der Waals surface area contributed by atoms with E-state index in [-0.39, 0.29) is 16.2 Å². The molecule has 0 saturated heterocycles. The van der Waals surface area contributed by atoms with Crippen LogP contribution in [-0.2, 0) is 10.0 Å². The lowest BCUT2D eigenvalue weighted by Crippen LogP contribution is -2.32. The van der Waals surface area contributed by atoms with Crippen LogP contribution in [0.2, 0.25) is 0 Å². The maximum atomic E-state index is 12.9. The molecule has 0 aliphatic rings. The number of nitrogens with one attached hydrogen (secondary N) is 1. The Morgan fingerprint density at radius 2 is 1.89 bits per heavy atom. The third-order valence-corrected chi connectivity index (χ3v) is 6.77. The minimum Gasteiger partial charge on any atom is -0.298 e. The van der Waals surface area contributed by atoms with Crippen LogP contribution >= 0.6 is 11.3 Å². The molecule has 8 heteroatoms. The smallest absolute Gasteiger partial charge is 0.257 e. The number of anilines is 1. The Hall–Kier alpha value is -1.77. The Morgan fingerprint density at radius 3 is 2.41 bits per heavy atom. The molecule has 6 nitrogen and oxygen atoms in total. The molecule has 0 saturated carbocycles. The highest BCUT2D eigenvalue weighted by atomic mass is 32.2. The van der Waals surface area contributed by atoms with Crippen LogP contribution in [-0.4, -0.2) is 36.7 Å². The predicted molar refractivity (Wildman–Crippen MR) is 110 cm³/mol. The minimum absolute atomic E-state index is 0.176. The fraction of sp³-hybridized carbons (Fsp3) is 0.474. The molecule has 0 radical (unpaired) electrons. The first-order chi connectivity index (χ1) is 12.6. The summed E-state index contributed by atoms with van der Waals surface area (Å²) in [6.45, 7) is 9.18. The second-order valence-corrected chi connectivity index (χ2v) is 10.3. The number of carbonyl (C=O) groups excluding carboxylic acids is 1. The molecule has 27 heavy (non-hydrogen) atoms. The SMILES string of the molecule is CCN(CCCC(C)(C)C)S(=O)(=O)c1ccc(C(=O)Nc2nccs2)cc1. The number of hydrogen-bond donors (Lipinski definition) is 1. The third kappa shape index (κ3) is 6.12. The van der Waals surface area contributed by atoms with Gasteiger partial charge in [0, 0.05) is 30.2 Å². The molecular weight excluding hydrogens is 382 g/mol. The Bertz CT molecular complexity index is 839. The lowest BCUT2D eigenvalue weighted by molar-refractivity contribution is 0.102. The van der Waals surface area contributed by atoms with E-state index in [2.05, 4.69) is 31.1 Å². The van der Waals surface area contributed by atoms with Gasteiger partial charge >= 0.3 is 0 Å². The van der Waals surface area contributed by atoms with Crippen molar-refractivity contribution in [1.29, 1.82) is 0 Å². The van der Waals surface area contributed by atoms with Crippen molar-refractivity contribution >= 4 is 32.4 Å². The van der Waals surface area contributed by atoms with E-state index in [0.29, 0.717) is 23.8 Å². The summed E-state index contributed by atoms with van der Waals surface area (Å²) in [5.41, 5.74) is 0.565. The zero-order valence-electron chi connectivity index (χ0n) is 16.2. The molecule has 148 valence electrons. The zero-order chi connectivity index (χ0) is 20.1. The first kappa shape index (κ1) is 21.5. The van der Waals surface area contributed by atoms with Gasteiger partial charge in [-0.1, -0.05) is 27.7 Å². The molecule has 0 bridgehead atoms. The number of nitrogens with zero attached hydrogens (tertiary/aromatic N) is 2. The van der Waals surface area contributed by atoms with Crippen LogP contribution < -0.4 is 5.32 Å². The summed E-state index contributed by atoms with van der Waals surface area (Å²) in [4.78, 5) is 16.4. The third-order valence-electron chi connectivity index (χ3n) is 4.09. The number of carbonyl (C=O) groups is 1. The van der Waals surface area contributed by atoms with E-state index in [1.807, 2.05) is 6.92 Å². The Labute approximate surface area is 165 Å². The maximum Gasteiger partial charge on any atom is 0.257 e. The second-order valence-electron chi connectivity index (χ2n) is 7.48. The molecule has 1 amide bonds. The van der Waals surface area contributed by atoms with Crippen molar-refractivity contribution in [3.8, 4) is 0 Å². The van der Waals surface area contributed by atoms with Gasteiger partial charge in [0.1, 0.15) is 0 Å². The highest BCUT2D eigenvalue weighted by Crippen LogP contribution is 2.23. The molecule has 2 rings (SSSR count). The first-order valence-corrected chi connectivity index (χ1v) is 11.3. The van der Waals surface area contributed by atoms with E-state index in [9.17, 15) is 13.2 Å². The second kappa shape index (κ2) is 8.95. The number of amides is 1. The number of hydrogen-bond acceptors (Lipinski definition) is 5. The van der Waals surface area contributed by atoms with Gasteiger partial charge in [-0.15, -0.1) is 11.3 Å². The van der Waals surface area contributed by atoms with Gasteiger partial charge in [0.05, 0.1) is 4.90 Å². The highest BCUT2D eigenvalue weighted by molar-refractivity contribution is 7.89. The molecule has 0 fully saturated rings. The fourth-order valence-electron chi connectivity index (χ4n) is 2.62. The molecular formula is C19H27N3O3S2. The van der Waals surface area contributed by atoms with Crippen molar-refractivity contribution in [1.82, 2.24) is 9.29 Å². The summed E-state index contributed by atoms with van der Waals surface area (Å²) in [6, 6.07) is 6.02. The molecule has 0 atom stereocenters. The molecule has 1 heterocycles. The van der Waals surface area contributed by atoms with Crippen molar-refractivity contribution in [2.45, 2.75) is 45.4 Å². The van der Waals surface area contributed by atoms with Gasteiger partial charge in [0.25, 0.3) is 5.91 Å². The molecule has 1 aromatic heterocycles. The Kier molecular flexibility index (Phi) is 7.13. The Morgan fingerprint density at radius 1 is 1.22 bits per heavy atom. The average Bonchev–Trinajstić information content (AvgIpc) is 3.10. The lowest BCUT2D eigenvalue weighted by atomic mass is 9.91. The van der Waals surface area contributed by atoms with E-state index < -0.39 is 10.0 Å². The summed E-state index contributed by atoms with van der Waals surface area (Å²) in [6.07, 6.45) is 3.37. The summed E-state index contributed by atoms with van der Waals surface area (Å²) >= 11 is 1.32. The van der Waals surface area contributed by atoms with Gasteiger partial charge in [0.2, 0.25) is 10.0 Å². The van der Waals surface area contributed by atoms with Crippen LogP contribution in [0.4, 0.5) is 5.13 Å². The van der Waals surface area contributed by atoms with Crippen molar-refractivity contribution in [3.05, 3.63) is 41.4 Å². The quantitative estimate of drug-likeness (QED) is 0.707. The number of benzene rings is 1. The molecule has 0 spiro atoms. The summed E-state index contributed by atoms with van der Waals surface area (Å²) in [7, 11) is -3.57. The van der Waals surface area contributed by atoms with Crippen LogP contribution in [0.3, 0.4) is 0 Å². The maximum absolute atomic E-state index is 12.9. The number of thiazole rings is 1. The van der Waals surface area contributed by atoms with E-state index in [1.165, 1.54) is 39.9 Å². The van der Waals surface area contributed by atoms with Crippen molar-refractivity contribution in [3.63, 3.8) is 0 Å². The van der Waals surface area contributed by atoms with E-state index in [0.717, 1.165) is 12.8 Å². The van der Waals surface area contributed by atoms with E-state index in [1.54, 1.807) is 11.6 Å². The average molecular weight is 410 g/mol. The largest absolute Gasteiger partial charge is 0.298 e. The minimum atomic E-state index is -3.57. The van der Waals surface area contributed by atoms with Crippen LogP contribution in [0.1, 0.15) is 50.9 Å². The summed E-state index contributed by atoms with van der Waals surface area (Å²) in [5, 5.41) is 4.96. The molecule has 1 N–H and O–H groups in total. The molecule has 0 aliphatic carbocycles. The van der Waals surface area contributed by atoms with Gasteiger partial charge in [-0.05, 0) is 42.5 Å².